The Morgan fingerprint density at radius 3 is 2.78 bits per heavy atom. The van der Waals surface area contributed by atoms with E-state index in [1.807, 2.05) is 6.92 Å². The quantitative estimate of drug-likeness (QED) is 0.890. The van der Waals surface area contributed by atoms with Crippen LogP contribution in [0, 0.1) is 12.8 Å². The summed E-state index contributed by atoms with van der Waals surface area (Å²) in [5, 5.41) is 0. The van der Waals surface area contributed by atoms with Gasteiger partial charge < -0.3 is 10.6 Å². The Hall–Kier alpha value is -1.16. The molecule has 0 saturated carbocycles. The molecule has 0 aliphatic carbocycles. The Morgan fingerprint density at radius 2 is 2.17 bits per heavy atom. The SMILES string of the molecule is Cc1cc(N2CCC(C)C2CN)nc(C(C)C)n1. The van der Waals surface area contributed by atoms with Gasteiger partial charge in [-0.2, -0.15) is 0 Å². The average molecular weight is 248 g/mol. The number of nitrogens with two attached hydrogens (primary N) is 1. The van der Waals surface area contributed by atoms with Crippen LogP contribution in [0.15, 0.2) is 6.07 Å². The third kappa shape index (κ3) is 2.48. The highest BCUT2D eigenvalue weighted by Gasteiger charge is 2.31. The van der Waals surface area contributed by atoms with Crippen LogP contribution in [-0.2, 0) is 0 Å². The van der Waals surface area contributed by atoms with Crippen LogP contribution in [-0.4, -0.2) is 29.1 Å². The predicted octanol–water partition coefficient (Wildman–Crippen LogP) is 2.08. The van der Waals surface area contributed by atoms with Crippen molar-refractivity contribution in [2.75, 3.05) is 18.0 Å². The molecule has 18 heavy (non-hydrogen) atoms. The highest BCUT2D eigenvalue weighted by Crippen LogP contribution is 2.28. The molecule has 100 valence electrons. The highest BCUT2D eigenvalue weighted by atomic mass is 15.2. The van der Waals surface area contributed by atoms with E-state index in [-0.39, 0.29) is 0 Å². The van der Waals surface area contributed by atoms with E-state index in [0.29, 0.717) is 24.4 Å². The van der Waals surface area contributed by atoms with Crippen LogP contribution in [0.4, 0.5) is 5.82 Å². The normalized spacial score (nSPS) is 24.0. The molecule has 4 heteroatoms. The van der Waals surface area contributed by atoms with Gasteiger partial charge in [-0.1, -0.05) is 20.8 Å². The summed E-state index contributed by atoms with van der Waals surface area (Å²) in [6, 6.07) is 2.49. The lowest BCUT2D eigenvalue weighted by atomic mass is 10.0. The van der Waals surface area contributed by atoms with Crippen molar-refractivity contribution in [3.05, 3.63) is 17.6 Å². The summed E-state index contributed by atoms with van der Waals surface area (Å²) >= 11 is 0. The molecule has 1 fully saturated rings. The fourth-order valence-electron chi connectivity index (χ4n) is 2.63. The van der Waals surface area contributed by atoms with Gasteiger partial charge in [0.25, 0.3) is 0 Å². The van der Waals surface area contributed by atoms with E-state index < -0.39 is 0 Å². The van der Waals surface area contributed by atoms with Crippen LogP contribution in [0.3, 0.4) is 0 Å². The minimum Gasteiger partial charge on any atom is -0.352 e. The molecule has 0 aromatic carbocycles. The zero-order valence-electron chi connectivity index (χ0n) is 11.8. The Labute approximate surface area is 110 Å². The number of aryl methyl sites for hydroxylation is 1. The number of hydrogen-bond donors (Lipinski definition) is 1. The van der Waals surface area contributed by atoms with Crippen LogP contribution in [0.2, 0.25) is 0 Å². The van der Waals surface area contributed by atoms with Gasteiger partial charge in [0.15, 0.2) is 0 Å². The molecule has 2 rings (SSSR count). The van der Waals surface area contributed by atoms with Crippen LogP contribution in [0.1, 0.15) is 44.6 Å². The monoisotopic (exact) mass is 248 g/mol. The molecule has 1 aliphatic heterocycles. The summed E-state index contributed by atoms with van der Waals surface area (Å²) in [5.74, 6) is 2.99. The minimum absolute atomic E-state index is 0.361. The van der Waals surface area contributed by atoms with Crippen LogP contribution in [0.25, 0.3) is 0 Å². The minimum atomic E-state index is 0.361. The molecule has 0 bridgehead atoms. The van der Waals surface area contributed by atoms with Gasteiger partial charge in [0, 0.05) is 36.8 Å². The van der Waals surface area contributed by atoms with Gasteiger partial charge in [-0.3, -0.25) is 0 Å². The topological polar surface area (TPSA) is 55.0 Å². The molecular formula is C14H24N4. The molecular weight excluding hydrogens is 224 g/mol. The van der Waals surface area contributed by atoms with Crippen molar-refractivity contribution < 1.29 is 0 Å². The molecule has 2 N–H and O–H groups in total. The maximum absolute atomic E-state index is 5.90. The van der Waals surface area contributed by atoms with Crippen molar-refractivity contribution >= 4 is 5.82 Å². The summed E-state index contributed by atoms with van der Waals surface area (Å²) < 4.78 is 0. The molecule has 1 aromatic heterocycles. The zero-order chi connectivity index (χ0) is 13.3. The second kappa shape index (κ2) is 5.22. The number of rotatable bonds is 3. The fraction of sp³-hybridized carbons (Fsp3) is 0.714. The standard InChI is InChI=1S/C14H24N4/c1-9(2)14-16-11(4)7-13(17-14)18-6-5-10(3)12(18)8-15/h7,9-10,12H,5-6,8,15H2,1-4H3. The lowest BCUT2D eigenvalue weighted by Gasteiger charge is -2.27. The van der Waals surface area contributed by atoms with Crippen molar-refractivity contribution in [3.63, 3.8) is 0 Å². The van der Waals surface area contributed by atoms with E-state index in [2.05, 4.69) is 36.7 Å². The first-order valence-electron chi connectivity index (χ1n) is 6.85. The molecule has 0 amide bonds. The van der Waals surface area contributed by atoms with Crippen molar-refractivity contribution in [2.45, 2.75) is 46.1 Å². The van der Waals surface area contributed by atoms with Crippen LogP contribution in [0.5, 0.6) is 0 Å². The molecule has 0 radical (unpaired) electrons. The first-order chi connectivity index (χ1) is 8.52. The van der Waals surface area contributed by atoms with Gasteiger partial charge in [-0.25, -0.2) is 9.97 Å². The van der Waals surface area contributed by atoms with Gasteiger partial charge in [0.05, 0.1) is 0 Å². The molecule has 0 spiro atoms. The average Bonchev–Trinajstić information content (AvgIpc) is 2.69. The number of hydrogen-bond acceptors (Lipinski definition) is 4. The molecule has 2 atom stereocenters. The predicted molar refractivity (Wildman–Crippen MR) is 74.8 cm³/mol. The Morgan fingerprint density at radius 1 is 1.44 bits per heavy atom. The van der Waals surface area contributed by atoms with Crippen LogP contribution < -0.4 is 10.6 Å². The maximum atomic E-state index is 5.90. The summed E-state index contributed by atoms with van der Waals surface area (Å²) in [4.78, 5) is 11.6. The van der Waals surface area contributed by atoms with Gasteiger partial charge in [0.2, 0.25) is 0 Å². The van der Waals surface area contributed by atoms with E-state index in [1.54, 1.807) is 0 Å². The molecule has 1 aliphatic rings. The lowest BCUT2D eigenvalue weighted by molar-refractivity contribution is 0.516. The van der Waals surface area contributed by atoms with E-state index >= 15 is 0 Å². The largest absolute Gasteiger partial charge is 0.352 e. The summed E-state index contributed by atoms with van der Waals surface area (Å²) in [5.41, 5.74) is 6.94. The number of nitrogens with zero attached hydrogens (tertiary/aromatic N) is 3. The van der Waals surface area contributed by atoms with Crippen molar-refractivity contribution in [3.8, 4) is 0 Å². The van der Waals surface area contributed by atoms with Gasteiger partial charge in [-0.05, 0) is 19.3 Å². The number of anilines is 1. The van der Waals surface area contributed by atoms with Gasteiger partial charge in [-0.15, -0.1) is 0 Å². The van der Waals surface area contributed by atoms with E-state index in [1.165, 1.54) is 6.42 Å². The first kappa shape index (κ1) is 13.3. The van der Waals surface area contributed by atoms with E-state index in [0.717, 1.165) is 23.9 Å². The molecule has 2 heterocycles. The molecule has 1 aromatic rings. The lowest BCUT2D eigenvalue weighted by Crippen LogP contribution is -2.39. The van der Waals surface area contributed by atoms with Crippen molar-refractivity contribution in [1.29, 1.82) is 0 Å². The summed E-state index contributed by atoms with van der Waals surface area (Å²) in [6.45, 7) is 10.3. The van der Waals surface area contributed by atoms with E-state index in [9.17, 15) is 0 Å². The van der Waals surface area contributed by atoms with Crippen LogP contribution >= 0.6 is 0 Å². The van der Waals surface area contributed by atoms with E-state index in [4.69, 9.17) is 10.7 Å². The van der Waals surface area contributed by atoms with Crippen molar-refractivity contribution in [2.24, 2.45) is 11.7 Å². The summed E-state index contributed by atoms with van der Waals surface area (Å²) in [6.07, 6.45) is 1.20. The third-order valence-electron chi connectivity index (χ3n) is 3.79. The summed E-state index contributed by atoms with van der Waals surface area (Å²) in [7, 11) is 0. The Bertz CT molecular complexity index is 416. The smallest absolute Gasteiger partial charge is 0.133 e. The van der Waals surface area contributed by atoms with Gasteiger partial charge in [0.1, 0.15) is 11.6 Å². The molecule has 4 nitrogen and oxygen atoms in total. The molecule has 1 saturated heterocycles. The third-order valence-corrected chi connectivity index (χ3v) is 3.79. The number of aromatic nitrogens is 2. The Kier molecular flexibility index (Phi) is 3.85. The molecule has 2 unspecified atom stereocenters. The maximum Gasteiger partial charge on any atom is 0.133 e. The van der Waals surface area contributed by atoms with Gasteiger partial charge >= 0.3 is 0 Å². The first-order valence-corrected chi connectivity index (χ1v) is 6.85. The fourth-order valence-corrected chi connectivity index (χ4v) is 2.63. The zero-order valence-corrected chi connectivity index (χ0v) is 11.8. The Balaban J connectivity index is 2.33. The second-order valence-electron chi connectivity index (χ2n) is 5.64. The highest BCUT2D eigenvalue weighted by molar-refractivity contribution is 5.43. The second-order valence-corrected chi connectivity index (χ2v) is 5.64. The van der Waals surface area contributed by atoms with Crippen molar-refractivity contribution in [1.82, 2.24) is 9.97 Å².